The number of hydrogen-bond donors (Lipinski definition) is 4. The minimum absolute atomic E-state index is 0.0641. The molecule has 1 aromatic carbocycles. The van der Waals surface area contributed by atoms with Gasteiger partial charge in [0.25, 0.3) is 0 Å². The lowest BCUT2D eigenvalue weighted by atomic mass is 9.47. The summed E-state index contributed by atoms with van der Waals surface area (Å²) in [6.07, 6.45) is -0.726. The Kier molecular flexibility index (Phi) is 7.09. The third kappa shape index (κ3) is 4.85. The number of halogens is 5. The number of hydrogen-bond acceptors (Lipinski definition) is 6. The summed E-state index contributed by atoms with van der Waals surface area (Å²) in [5, 5.41) is 2.33. The largest absolute Gasteiger partial charge is 0.416 e. The van der Waals surface area contributed by atoms with E-state index in [-0.39, 0.29) is 65.1 Å². The molecule has 8 nitrogen and oxygen atoms in total. The first-order valence-electron chi connectivity index (χ1n) is 12.6. The molecule has 6 rings (SSSR count). The number of nitrogens with zero attached hydrogens (tertiary/aromatic N) is 2. The van der Waals surface area contributed by atoms with Gasteiger partial charge in [0.1, 0.15) is 0 Å². The molecule has 4 saturated carbocycles. The number of nitrogens with one attached hydrogen (secondary N) is 1. The summed E-state index contributed by atoms with van der Waals surface area (Å²) < 4.78 is 64.4. The zero-order valence-electron chi connectivity index (χ0n) is 20.7. The van der Waals surface area contributed by atoms with E-state index < -0.39 is 34.0 Å². The van der Waals surface area contributed by atoms with Crippen molar-refractivity contribution in [2.24, 2.45) is 34.8 Å². The van der Waals surface area contributed by atoms with Crippen molar-refractivity contribution < 1.29 is 31.9 Å². The molecule has 1 aromatic rings. The quantitative estimate of drug-likeness (QED) is 0.372. The topological polar surface area (TPSA) is 119 Å². The predicted molar refractivity (Wildman–Crippen MR) is 140 cm³/mol. The normalized spacial score (nSPS) is 35.3. The molecule has 2 unspecified atom stereocenters. The highest BCUT2D eigenvalue weighted by Gasteiger charge is 2.58. The molecule has 5 fully saturated rings. The molecule has 0 radical (unpaired) electrons. The van der Waals surface area contributed by atoms with Crippen LogP contribution in [0.4, 0.5) is 18.9 Å². The standard InChI is InChI=1S/C24H31Cl2F3N4O4S/c1-12-9-32(38(36,37)33(10-12)21-17(25)4-16(5-18(21)26)24(27,28)29)11-19(34)31-20-14-2-13-3-15(20)8-23(6-13,7-14)22(30)35/h4-5,12-15,20,36-37H,2-3,6-11H2,1H3,(H2,30,35)(H,31,34)/t12-,13?,14?,15?,20?,23?/m0/s1. The monoisotopic (exact) mass is 598 g/mol. The molecular weight excluding hydrogens is 568 g/mol. The number of anilines is 1. The van der Waals surface area contributed by atoms with Crippen LogP contribution in [0, 0.1) is 29.1 Å². The zero-order valence-corrected chi connectivity index (χ0v) is 23.0. The smallest absolute Gasteiger partial charge is 0.369 e. The second kappa shape index (κ2) is 9.59. The fourth-order valence-corrected chi connectivity index (χ4v) is 10.0. The lowest BCUT2D eigenvalue weighted by Crippen LogP contribution is -2.63. The molecule has 38 heavy (non-hydrogen) atoms. The number of carbonyl (C=O) groups is 2. The van der Waals surface area contributed by atoms with Crippen molar-refractivity contribution in [3.8, 4) is 0 Å². The molecule has 5 N–H and O–H groups in total. The average Bonchev–Trinajstić information content (AvgIpc) is 2.78. The van der Waals surface area contributed by atoms with Crippen molar-refractivity contribution in [3.05, 3.63) is 27.7 Å². The van der Waals surface area contributed by atoms with E-state index in [0.717, 1.165) is 23.6 Å². The number of nitrogens with two attached hydrogens (primary N) is 1. The van der Waals surface area contributed by atoms with Crippen LogP contribution >= 0.6 is 34.2 Å². The van der Waals surface area contributed by atoms with Crippen molar-refractivity contribution in [2.45, 2.75) is 51.2 Å². The van der Waals surface area contributed by atoms with Gasteiger partial charge in [-0.25, -0.2) is 0 Å². The predicted octanol–water partition coefficient (Wildman–Crippen LogP) is 5.15. The first kappa shape index (κ1) is 28.1. The van der Waals surface area contributed by atoms with Gasteiger partial charge in [-0.2, -0.15) is 17.5 Å². The molecular formula is C24H31Cl2F3N4O4S. The molecule has 14 heteroatoms. The SMILES string of the molecule is C[C@H]1CN(CC(=O)NC2C3CC4CC2CC(C(N)=O)(C4)C3)S(O)(O)N(c2c(Cl)cc(C(F)(F)F)cc2Cl)C1. The summed E-state index contributed by atoms with van der Waals surface area (Å²) >= 11 is 12.3. The van der Waals surface area contributed by atoms with Crippen LogP contribution in [0.2, 0.25) is 10.0 Å². The van der Waals surface area contributed by atoms with Crippen LogP contribution in [0.15, 0.2) is 12.1 Å². The fraction of sp³-hybridized carbons (Fsp3) is 0.667. The molecule has 212 valence electrons. The zero-order chi connectivity index (χ0) is 27.8. The van der Waals surface area contributed by atoms with Crippen LogP contribution in [-0.2, 0) is 15.8 Å². The molecule has 0 spiro atoms. The molecule has 1 heterocycles. The lowest BCUT2D eigenvalue weighted by Gasteiger charge is -2.59. The maximum Gasteiger partial charge on any atom is 0.416 e. The Morgan fingerprint density at radius 3 is 2.24 bits per heavy atom. The van der Waals surface area contributed by atoms with Crippen molar-refractivity contribution in [1.82, 2.24) is 9.62 Å². The number of rotatable bonds is 5. The number of primary amides is 1. The highest BCUT2D eigenvalue weighted by atomic mass is 35.5. The second-order valence-electron chi connectivity index (χ2n) is 11.5. The van der Waals surface area contributed by atoms with Crippen LogP contribution in [0.1, 0.15) is 44.6 Å². The highest BCUT2D eigenvalue weighted by Crippen LogP contribution is 2.60. The summed E-state index contributed by atoms with van der Waals surface area (Å²) in [4.78, 5) is 25.4. The first-order chi connectivity index (χ1) is 17.6. The van der Waals surface area contributed by atoms with Crippen LogP contribution in [0.3, 0.4) is 0 Å². The van der Waals surface area contributed by atoms with E-state index >= 15 is 0 Å². The van der Waals surface area contributed by atoms with Gasteiger partial charge < -0.3 is 11.1 Å². The van der Waals surface area contributed by atoms with Gasteiger partial charge in [-0.05, 0) is 78.9 Å². The van der Waals surface area contributed by atoms with Crippen LogP contribution in [-0.4, -0.2) is 50.9 Å². The highest BCUT2D eigenvalue weighted by molar-refractivity contribution is 8.23. The molecule has 0 aromatic heterocycles. The third-order valence-corrected chi connectivity index (χ3v) is 11.1. The van der Waals surface area contributed by atoms with E-state index in [1.165, 1.54) is 4.31 Å². The Balaban J connectivity index is 1.32. The lowest BCUT2D eigenvalue weighted by molar-refractivity contribution is -0.147. The molecule has 1 aliphatic heterocycles. The molecule has 4 bridgehead atoms. The van der Waals surface area contributed by atoms with Crippen molar-refractivity contribution >= 4 is 51.7 Å². The fourth-order valence-electron chi connectivity index (χ4n) is 7.31. The minimum Gasteiger partial charge on any atom is -0.369 e. The van der Waals surface area contributed by atoms with Gasteiger partial charge in [0.05, 0.1) is 27.8 Å². The Bertz CT molecular complexity index is 1120. The number of amides is 2. The molecule has 1 saturated heterocycles. The Hall–Kier alpha value is -1.44. The van der Waals surface area contributed by atoms with Crippen LogP contribution in [0.5, 0.6) is 0 Å². The Morgan fingerprint density at radius 1 is 1.13 bits per heavy atom. The van der Waals surface area contributed by atoms with Gasteiger partial charge in [0.2, 0.25) is 11.8 Å². The summed E-state index contributed by atoms with van der Waals surface area (Å²) in [6, 6.07) is 1.27. The summed E-state index contributed by atoms with van der Waals surface area (Å²) in [5.74, 6) is -0.143. The Labute approximate surface area is 230 Å². The average molecular weight is 600 g/mol. The third-order valence-electron chi connectivity index (χ3n) is 8.67. The van der Waals surface area contributed by atoms with E-state index in [0.29, 0.717) is 30.9 Å². The minimum atomic E-state index is -4.68. The summed E-state index contributed by atoms with van der Waals surface area (Å²) in [7, 11) is -3.83. The van der Waals surface area contributed by atoms with Crippen LogP contribution in [0.25, 0.3) is 0 Å². The summed E-state index contributed by atoms with van der Waals surface area (Å²) in [5.41, 5.74) is 4.08. The van der Waals surface area contributed by atoms with Crippen LogP contribution < -0.4 is 15.4 Å². The van der Waals surface area contributed by atoms with E-state index in [9.17, 15) is 31.9 Å². The molecule has 2 amide bonds. The van der Waals surface area contributed by atoms with Gasteiger partial charge in [0, 0.05) is 24.5 Å². The van der Waals surface area contributed by atoms with E-state index in [2.05, 4.69) is 5.32 Å². The van der Waals surface area contributed by atoms with E-state index in [4.69, 9.17) is 28.9 Å². The summed E-state index contributed by atoms with van der Waals surface area (Å²) in [6.45, 7) is 1.72. The molecule has 3 atom stereocenters. The molecule has 4 aliphatic carbocycles. The van der Waals surface area contributed by atoms with Crippen molar-refractivity contribution in [3.63, 3.8) is 0 Å². The Morgan fingerprint density at radius 2 is 1.71 bits per heavy atom. The van der Waals surface area contributed by atoms with Gasteiger partial charge in [-0.3, -0.25) is 23.0 Å². The van der Waals surface area contributed by atoms with Gasteiger partial charge in [0.15, 0.2) is 0 Å². The maximum absolute atomic E-state index is 13.2. The maximum atomic E-state index is 13.2. The van der Waals surface area contributed by atoms with Gasteiger partial charge in [-0.15, -0.1) is 0 Å². The number of benzene rings is 1. The number of carbonyl (C=O) groups excluding carboxylic acids is 2. The number of alkyl halides is 3. The second-order valence-corrected chi connectivity index (χ2v) is 14.2. The first-order valence-corrected chi connectivity index (χ1v) is 14.8. The molecule has 5 aliphatic rings. The van der Waals surface area contributed by atoms with Crippen molar-refractivity contribution in [1.29, 1.82) is 0 Å². The van der Waals surface area contributed by atoms with Crippen molar-refractivity contribution in [2.75, 3.05) is 23.9 Å². The van der Waals surface area contributed by atoms with Gasteiger partial charge in [-0.1, -0.05) is 30.1 Å². The van der Waals surface area contributed by atoms with E-state index in [1.54, 1.807) is 0 Å². The van der Waals surface area contributed by atoms with E-state index in [1.807, 2.05) is 6.92 Å². The van der Waals surface area contributed by atoms with Gasteiger partial charge >= 0.3 is 6.18 Å².